The van der Waals surface area contributed by atoms with E-state index in [9.17, 15) is 14.7 Å². The van der Waals surface area contributed by atoms with E-state index in [1.807, 2.05) is 6.07 Å². The van der Waals surface area contributed by atoms with Gasteiger partial charge in [0.1, 0.15) is 5.75 Å². The van der Waals surface area contributed by atoms with Gasteiger partial charge in [-0.2, -0.15) is 0 Å². The number of anilines is 1. The molecule has 202 valence electrons. The minimum Gasteiger partial charge on any atom is -0.503 e. The molecule has 1 aliphatic heterocycles. The minimum absolute atomic E-state index is 0.00541. The Bertz CT molecular complexity index is 1560. The number of thiazole rings is 1. The molecule has 1 N–H and O–H groups in total. The summed E-state index contributed by atoms with van der Waals surface area (Å²) < 4.78 is 23.0. The first-order valence-corrected chi connectivity index (χ1v) is 13.2. The fourth-order valence-corrected chi connectivity index (χ4v) is 5.41. The normalized spacial score (nSPS) is 15.5. The topological polar surface area (TPSA) is 111 Å². The van der Waals surface area contributed by atoms with E-state index in [1.54, 1.807) is 43.5 Å². The van der Waals surface area contributed by atoms with E-state index in [-0.39, 0.29) is 11.3 Å². The van der Waals surface area contributed by atoms with Gasteiger partial charge in [-0.25, -0.2) is 4.98 Å². The Morgan fingerprint density at radius 1 is 1.13 bits per heavy atom. The lowest BCUT2D eigenvalue weighted by molar-refractivity contribution is -0.117. The van der Waals surface area contributed by atoms with Crippen LogP contribution in [0.1, 0.15) is 42.4 Å². The van der Waals surface area contributed by atoms with Crippen LogP contribution in [-0.4, -0.2) is 42.6 Å². The maximum Gasteiger partial charge on any atom is 0.296 e. The summed E-state index contributed by atoms with van der Waals surface area (Å²) in [5, 5.41) is 11.3. The highest BCUT2D eigenvalue weighted by molar-refractivity contribution is 7.22. The van der Waals surface area contributed by atoms with Crippen LogP contribution in [0, 0.1) is 5.92 Å². The number of hydrogen-bond acceptors (Lipinski definition) is 9. The van der Waals surface area contributed by atoms with Crippen molar-refractivity contribution >= 4 is 38.4 Å². The second kappa shape index (κ2) is 10.8. The zero-order valence-electron chi connectivity index (χ0n) is 22.0. The van der Waals surface area contributed by atoms with E-state index in [4.69, 9.17) is 18.6 Å². The molecule has 10 heteroatoms. The van der Waals surface area contributed by atoms with Gasteiger partial charge in [0, 0.05) is 0 Å². The average molecular weight is 549 g/mol. The molecule has 0 spiro atoms. The number of rotatable bonds is 10. The van der Waals surface area contributed by atoms with E-state index in [1.165, 1.54) is 35.7 Å². The molecular weight excluding hydrogens is 520 g/mol. The molecule has 39 heavy (non-hydrogen) atoms. The Balaban J connectivity index is 1.61. The number of amides is 1. The second-order valence-corrected chi connectivity index (χ2v) is 10.4. The van der Waals surface area contributed by atoms with Crippen molar-refractivity contribution in [2.75, 3.05) is 25.7 Å². The lowest BCUT2D eigenvalue weighted by atomic mass is 9.95. The minimum atomic E-state index is -0.990. The van der Waals surface area contributed by atoms with Crippen LogP contribution >= 0.6 is 11.3 Å². The van der Waals surface area contributed by atoms with Crippen molar-refractivity contribution in [1.29, 1.82) is 0 Å². The number of aromatic nitrogens is 1. The first kappa shape index (κ1) is 26.3. The second-order valence-electron chi connectivity index (χ2n) is 9.42. The number of furan rings is 1. The average Bonchev–Trinajstić information content (AvgIpc) is 3.66. The lowest BCUT2D eigenvalue weighted by Crippen LogP contribution is -2.31. The van der Waals surface area contributed by atoms with E-state index in [2.05, 4.69) is 18.8 Å². The molecule has 5 rings (SSSR count). The summed E-state index contributed by atoms with van der Waals surface area (Å²) in [6, 6.07) is 12.7. The quantitative estimate of drug-likeness (QED) is 0.236. The number of carbonyl (C=O) groups is 2. The molecule has 0 radical (unpaired) electrons. The molecule has 2 aromatic heterocycles. The summed E-state index contributed by atoms with van der Waals surface area (Å²) in [7, 11) is 3.09. The van der Waals surface area contributed by atoms with E-state index in [0.717, 1.165) is 11.1 Å². The van der Waals surface area contributed by atoms with Crippen molar-refractivity contribution in [2.24, 2.45) is 5.92 Å². The fraction of sp³-hybridized carbons (Fsp3) is 0.276. The fourth-order valence-electron chi connectivity index (χ4n) is 4.39. The van der Waals surface area contributed by atoms with E-state index in [0.29, 0.717) is 46.0 Å². The number of methoxy groups -OCH3 is 2. The van der Waals surface area contributed by atoms with Gasteiger partial charge in [0.2, 0.25) is 5.78 Å². The maximum atomic E-state index is 13.5. The first-order chi connectivity index (χ1) is 18.8. The van der Waals surface area contributed by atoms with Crippen LogP contribution in [-0.2, 0) is 4.79 Å². The molecule has 0 aliphatic carbocycles. The molecule has 2 aromatic carbocycles. The van der Waals surface area contributed by atoms with Gasteiger partial charge in [-0.15, -0.1) is 0 Å². The van der Waals surface area contributed by atoms with Gasteiger partial charge in [0.05, 0.1) is 48.9 Å². The highest BCUT2D eigenvalue weighted by Crippen LogP contribution is 2.46. The number of ether oxygens (including phenoxy) is 3. The predicted octanol–water partition coefficient (Wildman–Crippen LogP) is 6.11. The number of benzene rings is 2. The zero-order chi connectivity index (χ0) is 27.7. The van der Waals surface area contributed by atoms with Crippen molar-refractivity contribution in [1.82, 2.24) is 4.98 Å². The molecule has 0 bridgehead atoms. The number of hydrogen-bond donors (Lipinski definition) is 1. The van der Waals surface area contributed by atoms with Crippen molar-refractivity contribution in [3.05, 3.63) is 77.5 Å². The summed E-state index contributed by atoms with van der Waals surface area (Å²) in [4.78, 5) is 33.0. The lowest BCUT2D eigenvalue weighted by Gasteiger charge is -2.25. The molecular formula is C29H28N2O7S. The van der Waals surface area contributed by atoms with Crippen molar-refractivity contribution in [3.8, 4) is 17.2 Å². The molecule has 1 unspecified atom stereocenters. The molecule has 0 saturated carbocycles. The predicted molar refractivity (Wildman–Crippen MR) is 147 cm³/mol. The van der Waals surface area contributed by atoms with E-state index >= 15 is 0 Å². The van der Waals surface area contributed by atoms with Crippen molar-refractivity contribution < 1.29 is 33.3 Å². The number of ketones is 1. The SMILES string of the molecule is COc1ccc2nc(N3C(=O)C(O)=C(C(=O)c4ccco4)C3c3ccc(OCCC(C)C)c(OC)c3)sc2c1. The van der Waals surface area contributed by atoms with Crippen LogP contribution in [0.15, 0.2) is 70.5 Å². The van der Waals surface area contributed by atoms with Crippen LogP contribution in [0.25, 0.3) is 10.2 Å². The third-order valence-electron chi connectivity index (χ3n) is 6.44. The Labute approximate surface area is 229 Å². The molecule has 9 nitrogen and oxygen atoms in total. The molecule has 0 fully saturated rings. The van der Waals surface area contributed by atoms with Crippen LogP contribution in [0.5, 0.6) is 17.2 Å². The van der Waals surface area contributed by atoms with Gasteiger partial charge in [0.25, 0.3) is 5.91 Å². The van der Waals surface area contributed by atoms with Crippen LogP contribution < -0.4 is 19.1 Å². The number of nitrogens with zero attached hydrogens (tertiary/aromatic N) is 2. The molecule has 1 atom stereocenters. The van der Waals surface area contributed by atoms with Gasteiger partial charge >= 0.3 is 0 Å². The Morgan fingerprint density at radius 3 is 2.64 bits per heavy atom. The van der Waals surface area contributed by atoms with Gasteiger partial charge in [-0.3, -0.25) is 14.5 Å². The molecule has 4 aromatic rings. The number of Topliss-reactive ketones (excluding diaryl/α,β-unsaturated/α-hetero) is 1. The third-order valence-corrected chi connectivity index (χ3v) is 7.46. The van der Waals surface area contributed by atoms with Gasteiger partial charge in [-0.05, 0) is 60.4 Å². The van der Waals surface area contributed by atoms with Gasteiger partial charge < -0.3 is 23.7 Å². The van der Waals surface area contributed by atoms with Crippen molar-refractivity contribution in [3.63, 3.8) is 0 Å². The number of fused-ring (bicyclic) bond motifs is 1. The van der Waals surface area contributed by atoms with Crippen LogP contribution in [0.4, 0.5) is 5.13 Å². The van der Waals surface area contributed by atoms with Crippen LogP contribution in [0.3, 0.4) is 0 Å². The first-order valence-electron chi connectivity index (χ1n) is 12.4. The standard InChI is InChI=1S/C29H28N2O7S/c1-16(2)11-13-38-20-10-7-17(14-22(20)36-4)25-24(26(32)21-6-5-12-37-21)27(33)28(34)31(25)29-30-19-9-8-18(35-3)15-23(19)39-29/h5-10,12,14-16,25,33H,11,13H2,1-4H3. The third kappa shape index (κ3) is 4.95. The summed E-state index contributed by atoms with van der Waals surface area (Å²) in [5.74, 6) is 0.112. The van der Waals surface area contributed by atoms with Gasteiger partial charge in [-0.1, -0.05) is 31.3 Å². The van der Waals surface area contributed by atoms with E-state index < -0.39 is 23.5 Å². The Morgan fingerprint density at radius 2 is 1.95 bits per heavy atom. The summed E-state index contributed by atoms with van der Waals surface area (Å²) in [6.45, 7) is 4.74. The van der Waals surface area contributed by atoms with Crippen LogP contribution in [0.2, 0.25) is 0 Å². The zero-order valence-corrected chi connectivity index (χ0v) is 22.8. The molecule has 1 amide bonds. The summed E-state index contributed by atoms with van der Waals surface area (Å²) in [5.41, 5.74) is 1.08. The molecule has 1 aliphatic rings. The number of carbonyl (C=O) groups excluding carboxylic acids is 2. The highest BCUT2D eigenvalue weighted by atomic mass is 32.1. The van der Waals surface area contributed by atoms with Gasteiger partial charge in [0.15, 0.2) is 28.1 Å². The maximum absolute atomic E-state index is 13.5. The largest absolute Gasteiger partial charge is 0.503 e. The molecule has 3 heterocycles. The summed E-state index contributed by atoms with van der Waals surface area (Å²) >= 11 is 1.25. The summed E-state index contributed by atoms with van der Waals surface area (Å²) in [6.07, 6.45) is 2.23. The smallest absolute Gasteiger partial charge is 0.296 e. The Hall–Kier alpha value is -4.31. The van der Waals surface area contributed by atoms with Crippen molar-refractivity contribution in [2.45, 2.75) is 26.3 Å². The monoisotopic (exact) mass is 548 g/mol. The number of aliphatic hydroxyl groups excluding tert-OH is 1. The number of aliphatic hydroxyl groups is 1. The highest BCUT2D eigenvalue weighted by Gasteiger charge is 2.46. The molecule has 0 saturated heterocycles. The Kier molecular flexibility index (Phi) is 7.30.